The minimum absolute atomic E-state index is 0.0397. The molecule has 2 aliphatic heterocycles. The number of nitrogens with one attached hydrogen (secondary N) is 2. The highest BCUT2D eigenvalue weighted by Gasteiger charge is 2.42. The van der Waals surface area contributed by atoms with Gasteiger partial charge < -0.3 is 15.2 Å². The van der Waals surface area contributed by atoms with Gasteiger partial charge in [0.15, 0.2) is 0 Å². The first-order valence-electron chi connectivity index (χ1n) is 9.78. The summed E-state index contributed by atoms with van der Waals surface area (Å²) in [5, 5.41) is 3.88. The minimum Gasteiger partial charge on any atom is -0.377 e. The average Bonchev–Trinajstić information content (AvgIpc) is 3.35. The van der Waals surface area contributed by atoms with Gasteiger partial charge in [0.1, 0.15) is 11.3 Å². The van der Waals surface area contributed by atoms with Crippen molar-refractivity contribution in [2.45, 2.75) is 38.1 Å². The van der Waals surface area contributed by atoms with Crippen LogP contribution in [0.15, 0.2) is 30.3 Å². The maximum absolute atomic E-state index is 12.9. The summed E-state index contributed by atoms with van der Waals surface area (Å²) in [5.41, 5.74) is 7.91. The number of benzene rings is 2. The quantitative estimate of drug-likeness (QED) is 0.657. The Kier molecular flexibility index (Phi) is 2.90. The van der Waals surface area contributed by atoms with Crippen molar-refractivity contribution in [3.63, 3.8) is 0 Å². The van der Waals surface area contributed by atoms with Crippen LogP contribution in [0, 0.1) is 6.92 Å². The molecule has 1 amide bonds. The highest BCUT2D eigenvalue weighted by molar-refractivity contribution is 6.05. The molecule has 1 aliphatic carbocycles. The molecule has 0 saturated carbocycles. The Morgan fingerprint density at radius 3 is 2.63 bits per heavy atom. The second-order valence-electron chi connectivity index (χ2n) is 8.32. The molecule has 6 rings (SSSR count). The summed E-state index contributed by atoms with van der Waals surface area (Å²) in [7, 11) is 0. The molecule has 27 heavy (non-hydrogen) atoms. The molecule has 2 aromatic carbocycles. The second-order valence-corrected chi connectivity index (χ2v) is 8.32. The largest absolute Gasteiger partial charge is 0.377 e. The number of hydrogen-bond donors (Lipinski definition) is 2. The molecule has 1 aromatic heterocycles. The highest BCUT2D eigenvalue weighted by atomic mass is 16.2. The molecular weight excluding hydrogens is 336 g/mol. The lowest BCUT2D eigenvalue weighted by molar-refractivity contribution is 0.0884. The Labute approximate surface area is 157 Å². The fraction of sp³-hybridized carbons (Fsp3) is 0.364. The number of aromatic nitrogens is 2. The minimum atomic E-state index is 0.0397. The number of amides is 1. The third-order valence-corrected chi connectivity index (χ3v) is 6.39. The number of fused-ring (bicyclic) bond motifs is 4. The Bertz CT molecular complexity index is 1080. The zero-order valence-electron chi connectivity index (χ0n) is 15.4. The molecule has 5 nitrogen and oxygen atoms in total. The first-order chi connectivity index (χ1) is 13.1. The molecule has 1 fully saturated rings. The van der Waals surface area contributed by atoms with E-state index >= 15 is 0 Å². The Morgan fingerprint density at radius 2 is 1.93 bits per heavy atom. The lowest BCUT2D eigenvalue weighted by Gasteiger charge is -2.37. The molecule has 2 N–H and O–H groups in total. The maximum atomic E-state index is 12.9. The van der Waals surface area contributed by atoms with Gasteiger partial charge in [-0.3, -0.25) is 4.79 Å². The molecule has 1 saturated heterocycles. The smallest absolute Gasteiger partial charge is 0.254 e. The first-order valence-corrected chi connectivity index (χ1v) is 9.78. The molecule has 1 spiro atoms. The van der Waals surface area contributed by atoms with E-state index in [-0.39, 0.29) is 11.4 Å². The van der Waals surface area contributed by atoms with Gasteiger partial charge in [-0.25, -0.2) is 4.98 Å². The molecule has 0 atom stereocenters. The van der Waals surface area contributed by atoms with E-state index in [1.807, 2.05) is 17.9 Å². The predicted octanol–water partition coefficient (Wildman–Crippen LogP) is 3.22. The van der Waals surface area contributed by atoms with Crippen molar-refractivity contribution >= 4 is 22.6 Å². The van der Waals surface area contributed by atoms with Crippen molar-refractivity contribution in [1.82, 2.24) is 14.9 Å². The van der Waals surface area contributed by atoms with Gasteiger partial charge in [0.2, 0.25) is 0 Å². The number of aromatic amines is 1. The SMILES string of the molecule is Cc1nc2c3c(c(C(=O)N4CC4)cc2[nH]1)CCC1(Cc2ccccc2C1)N3. The van der Waals surface area contributed by atoms with Crippen LogP contribution in [0.25, 0.3) is 11.0 Å². The highest BCUT2D eigenvalue weighted by Crippen LogP contribution is 2.44. The van der Waals surface area contributed by atoms with Gasteiger partial charge in [0, 0.05) is 24.2 Å². The van der Waals surface area contributed by atoms with Crippen molar-refractivity contribution in [3.8, 4) is 0 Å². The summed E-state index contributed by atoms with van der Waals surface area (Å²) in [5.74, 6) is 1.05. The number of H-pyrrole nitrogens is 1. The molecule has 136 valence electrons. The number of carbonyl (C=O) groups excluding carboxylic acids is 1. The van der Waals surface area contributed by atoms with Gasteiger partial charge in [-0.15, -0.1) is 0 Å². The number of rotatable bonds is 1. The van der Waals surface area contributed by atoms with E-state index in [9.17, 15) is 4.79 Å². The monoisotopic (exact) mass is 358 g/mol. The molecule has 3 aromatic rings. The second kappa shape index (κ2) is 5.12. The molecule has 0 unspecified atom stereocenters. The van der Waals surface area contributed by atoms with Gasteiger partial charge in [0.25, 0.3) is 5.91 Å². The Hall–Kier alpha value is -2.82. The van der Waals surface area contributed by atoms with Gasteiger partial charge in [-0.05, 0) is 55.4 Å². The summed E-state index contributed by atoms with van der Waals surface area (Å²) in [4.78, 5) is 22.9. The van der Waals surface area contributed by atoms with Gasteiger partial charge >= 0.3 is 0 Å². The van der Waals surface area contributed by atoms with E-state index < -0.39 is 0 Å². The number of aryl methyl sites for hydroxylation is 1. The van der Waals surface area contributed by atoms with Gasteiger partial charge in [-0.1, -0.05) is 24.3 Å². The van der Waals surface area contributed by atoms with E-state index in [2.05, 4.69) is 34.6 Å². The van der Waals surface area contributed by atoms with E-state index in [4.69, 9.17) is 4.98 Å². The van der Waals surface area contributed by atoms with Crippen molar-refractivity contribution in [3.05, 3.63) is 58.4 Å². The summed E-state index contributed by atoms with van der Waals surface area (Å²) in [6.45, 7) is 3.73. The van der Waals surface area contributed by atoms with Crippen LogP contribution in [0.5, 0.6) is 0 Å². The standard InChI is InChI=1S/C22H22N4O/c1-13-23-18-10-17(21(27)26-8-9-26)16-6-7-22(25-19(16)20(18)24-13)11-14-4-2-3-5-15(14)12-22/h2-5,10,25H,6-9,11-12H2,1H3,(H,23,24). The van der Waals surface area contributed by atoms with Gasteiger partial charge in [-0.2, -0.15) is 0 Å². The molecular formula is C22H22N4O. The summed E-state index contributed by atoms with van der Waals surface area (Å²) in [6, 6.07) is 10.8. The zero-order chi connectivity index (χ0) is 18.2. The van der Waals surface area contributed by atoms with E-state index in [0.717, 1.165) is 72.4 Å². The summed E-state index contributed by atoms with van der Waals surface area (Å²) < 4.78 is 0. The predicted molar refractivity (Wildman–Crippen MR) is 105 cm³/mol. The number of nitrogens with zero attached hydrogens (tertiary/aromatic N) is 2. The normalized spacial score (nSPS) is 19.1. The fourth-order valence-corrected chi connectivity index (χ4v) is 4.97. The zero-order valence-corrected chi connectivity index (χ0v) is 15.4. The maximum Gasteiger partial charge on any atom is 0.254 e. The molecule has 0 bridgehead atoms. The van der Waals surface area contributed by atoms with Crippen LogP contribution in [-0.2, 0) is 19.3 Å². The lowest BCUT2D eigenvalue weighted by Crippen LogP contribution is -2.43. The van der Waals surface area contributed by atoms with Crippen LogP contribution in [0.3, 0.4) is 0 Å². The van der Waals surface area contributed by atoms with Crippen LogP contribution >= 0.6 is 0 Å². The molecule has 5 heteroatoms. The van der Waals surface area contributed by atoms with Crippen molar-refractivity contribution in [2.75, 3.05) is 18.4 Å². The Balaban J connectivity index is 1.49. The van der Waals surface area contributed by atoms with Crippen molar-refractivity contribution in [2.24, 2.45) is 0 Å². The van der Waals surface area contributed by atoms with E-state index in [0.29, 0.717) is 0 Å². The van der Waals surface area contributed by atoms with Crippen LogP contribution in [0.2, 0.25) is 0 Å². The van der Waals surface area contributed by atoms with Crippen LogP contribution < -0.4 is 5.32 Å². The molecule has 3 aliphatic rings. The van der Waals surface area contributed by atoms with Crippen LogP contribution in [0.1, 0.15) is 39.3 Å². The summed E-state index contributed by atoms with van der Waals surface area (Å²) >= 11 is 0. The van der Waals surface area contributed by atoms with Crippen molar-refractivity contribution < 1.29 is 4.79 Å². The number of hydrogen-bond acceptors (Lipinski definition) is 3. The molecule has 3 heterocycles. The van der Waals surface area contributed by atoms with E-state index in [1.165, 1.54) is 11.1 Å². The van der Waals surface area contributed by atoms with Crippen molar-refractivity contribution in [1.29, 1.82) is 0 Å². The summed E-state index contributed by atoms with van der Waals surface area (Å²) in [6.07, 6.45) is 4.05. The first kappa shape index (κ1) is 15.3. The number of anilines is 1. The van der Waals surface area contributed by atoms with Crippen LogP contribution in [-0.4, -0.2) is 39.4 Å². The lowest BCUT2D eigenvalue weighted by atomic mass is 9.82. The van der Waals surface area contributed by atoms with E-state index in [1.54, 1.807) is 0 Å². The Morgan fingerprint density at radius 1 is 1.19 bits per heavy atom. The number of imidazole rings is 1. The molecule has 0 radical (unpaired) electrons. The average molecular weight is 358 g/mol. The third kappa shape index (κ3) is 2.24. The number of carbonyl (C=O) groups is 1. The van der Waals surface area contributed by atoms with Crippen LogP contribution in [0.4, 0.5) is 5.69 Å². The topological polar surface area (TPSA) is 60.8 Å². The fourth-order valence-electron chi connectivity index (χ4n) is 4.97. The third-order valence-electron chi connectivity index (χ3n) is 6.39. The van der Waals surface area contributed by atoms with Gasteiger partial charge in [0.05, 0.1) is 11.2 Å².